The van der Waals surface area contributed by atoms with Crippen LogP contribution in [0.3, 0.4) is 0 Å². The number of hydrogen-bond donors (Lipinski definition) is 1. The number of halogens is 1. The van der Waals surface area contributed by atoms with Gasteiger partial charge in [0.05, 0.1) is 15.9 Å². The number of hydrogen-bond acceptors (Lipinski definition) is 5. The maximum absolute atomic E-state index is 12.4. The summed E-state index contributed by atoms with van der Waals surface area (Å²) in [5.41, 5.74) is 1.44. The molecule has 29 heavy (non-hydrogen) atoms. The molecule has 1 amide bonds. The predicted molar refractivity (Wildman–Crippen MR) is 115 cm³/mol. The van der Waals surface area contributed by atoms with Crippen molar-refractivity contribution in [3.8, 4) is 0 Å². The summed E-state index contributed by atoms with van der Waals surface area (Å²) < 4.78 is 28.8. The lowest BCUT2D eigenvalue weighted by Crippen LogP contribution is -2.22. The summed E-state index contributed by atoms with van der Waals surface area (Å²) >= 11 is 3.30. The lowest BCUT2D eigenvalue weighted by molar-refractivity contribution is -0.116. The van der Waals surface area contributed by atoms with Crippen molar-refractivity contribution in [1.82, 2.24) is 18.8 Å². The smallest absolute Gasteiger partial charge is 0.242 e. The zero-order valence-corrected chi connectivity index (χ0v) is 18.8. The van der Waals surface area contributed by atoms with Crippen LogP contribution in [0.4, 0.5) is 5.82 Å². The highest BCUT2D eigenvalue weighted by atomic mass is 79.9. The maximum Gasteiger partial charge on any atom is 0.242 e. The highest BCUT2D eigenvalue weighted by molar-refractivity contribution is 9.10. The minimum atomic E-state index is -3.53. The second-order valence-electron chi connectivity index (χ2n) is 6.62. The summed E-state index contributed by atoms with van der Waals surface area (Å²) in [5.74, 6) is 1.06. The zero-order chi connectivity index (χ0) is 21.2. The van der Waals surface area contributed by atoms with E-state index in [4.69, 9.17) is 0 Å². The topological polar surface area (TPSA) is 97.2 Å². The van der Waals surface area contributed by atoms with Gasteiger partial charge in [0.25, 0.3) is 0 Å². The Bertz CT molecular complexity index is 1140. The number of nitrogens with zero attached hydrogens (tertiary/aromatic N) is 4. The van der Waals surface area contributed by atoms with Crippen molar-refractivity contribution in [3.63, 3.8) is 0 Å². The highest BCUT2D eigenvalue weighted by Crippen LogP contribution is 2.23. The molecular weight excluding hydrogens is 458 g/mol. The fraction of sp³-hybridized carbons (Fsp3) is 0.316. The van der Waals surface area contributed by atoms with Crippen LogP contribution in [-0.2, 0) is 27.8 Å². The van der Waals surface area contributed by atoms with Gasteiger partial charge in [0.1, 0.15) is 11.6 Å². The SMILES string of the molecule is CCn1c(CCC(=O)Nc2ccc(Br)cn2)nc2cc(S(=O)(=O)N(C)C)ccc21. The van der Waals surface area contributed by atoms with Crippen molar-refractivity contribution in [1.29, 1.82) is 0 Å². The Kier molecular flexibility index (Phi) is 6.35. The first-order valence-corrected chi connectivity index (χ1v) is 11.3. The van der Waals surface area contributed by atoms with Crippen LogP contribution < -0.4 is 5.32 Å². The Morgan fingerprint density at radius 1 is 1.24 bits per heavy atom. The van der Waals surface area contributed by atoms with Crippen molar-refractivity contribution in [2.45, 2.75) is 31.2 Å². The molecule has 3 rings (SSSR count). The van der Waals surface area contributed by atoms with E-state index in [1.165, 1.54) is 18.4 Å². The standard InChI is InChI=1S/C19H22BrN5O3S/c1-4-25-16-7-6-14(29(27,28)24(2)3)11-15(16)22-18(25)9-10-19(26)23-17-8-5-13(20)12-21-17/h5-8,11-12H,4,9-10H2,1-3H3,(H,21,23,26). The van der Waals surface area contributed by atoms with Gasteiger partial charge in [0.15, 0.2) is 0 Å². The first kappa shape index (κ1) is 21.4. The molecule has 0 spiro atoms. The molecule has 154 valence electrons. The molecule has 0 aliphatic rings. The van der Waals surface area contributed by atoms with E-state index in [2.05, 4.69) is 31.2 Å². The van der Waals surface area contributed by atoms with Gasteiger partial charge >= 0.3 is 0 Å². The van der Waals surface area contributed by atoms with Crippen LogP contribution in [0, 0.1) is 0 Å². The number of pyridine rings is 1. The van der Waals surface area contributed by atoms with Crippen molar-refractivity contribution in [2.24, 2.45) is 0 Å². The van der Waals surface area contributed by atoms with E-state index in [0.717, 1.165) is 15.8 Å². The number of aromatic nitrogens is 3. The maximum atomic E-state index is 12.4. The molecule has 2 aromatic heterocycles. The Labute approximate surface area is 178 Å². The largest absolute Gasteiger partial charge is 0.328 e. The third-order valence-corrected chi connectivity index (χ3v) is 6.74. The van der Waals surface area contributed by atoms with E-state index in [1.54, 1.807) is 36.5 Å². The average molecular weight is 480 g/mol. The normalized spacial score (nSPS) is 11.9. The van der Waals surface area contributed by atoms with Crippen LogP contribution in [0.5, 0.6) is 0 Å². The van der Waals surface area contributed by atoms with Gasteiger partial charge in [-0.25, -0.2) is 22.7 Å². The molecular formula is C19H22BrN5O3S. The molecule has 0 saturated carbocycles. The molecule has 8 nitrogen and oxygen atoms in total. The van der Waals surface area contributed by atoms with Crippen LogP contribution in [0.25, 0.3) is 11.0 Å². The molecule has 10 heteroatoms. The first-order chi connectivity index (χ1) is 13.7. The number of carbonyl (C=O) groups is 1. The molecule has 0 fully saturated rings. The third-order valence-electron chi connectivity index (χ3n) is 4.46. The Morgan fingerprint density at radius 2 is 2.00 bits per heavy atom. The summed E-state index contributed by atoms with van der Waals surface area (Å²) in [6.45, 7) is 2.66. The lowest BCUT2D eigenvalue weighted by Gasteiger charge is -2.11. The van der Waals surface area contributed by atoms with Gasteiger partial charge in [0.2, 0.25) is 15.9 Å². The average Bonchev–Trinajstić information content (AvgIpc) is 3.04. The third kappa shape index (κ3) is 4.65. The number of aryl methyl sites for hydroxylation is 2. The van der Waals surface area contributed by atoms with Crippen molar-refractivity contribution < 1.29 is 13.2 Å². The number of imidazole rings is 1. The second-order valence-corrected chi connectivity index (χ2v) is 9.69. The second kappa shape index (κ2) is 8.60. The van der Waals surface area contributed by atoms with Gasteiger partial charge in [-0.15, -0.1) is 0 Å². The van der Waals surface area contributed by atoms with Gasteiger partial charge in [0, 0.05) is 44.2 Å². The van der Waals surface area contributed by atoms with Gasteiger partial charge in [-0.1, -0.05) is 0 Å². The number of carbonyl (C=O) groups excluding carboxylic acids is 1. The zero-order valence-electron chi connectivity index (χ0n) is 16.4. The van der Waals surface area contributed by atoms with Crippen molar-refractivity contribution in [2.75, 3.05) is 19.4 Å². The fourth-order valence-electron chi connectivity index (χ4n) is 2.95. The molecule has 0 aliphatic heterocycles. The van der Waals surface area contributed by atoms with E-state index in [-0.39, 0.29) is 17.2 Å². The summed E-state index contributed by atoms with van der Waals surface area (Å²) in [5, 5.41) is 2.76. The molecule has 0 saturated heterocycles. The van der Waals surface area contributed by atoms with Crippen molar-refractivity contribution >= 4 is 48.7 Å². The summed E-state index contributed by atoms with van der Waals surface area (Å²) in [7, 11) is -0.543. The van der Waals surface area contributed by atoms with Gasteiger partial charge < -0.3 is 9.88 Å². The molecule has 1 aromatic carbocycles. The number of benzene rings is 1. The molecule has 0 radical (unpaired) electrons. The van der Waals surface area contributed by atoms with E-state index >= 15 is 0 Å². The van der Waals surface area contributed by atoms with E-state index in [9.17, 15) is 13.2 Å². The molecule has 1 N–H and O–H groups in total. The van der Waals surface area contributed by atoms with Gasteiger partial charge in [-0.3, -0.25) is 4.79 Å². The number of sulfonamides is 1. The Morgan fingerprint density at radius 3 is 2.62 bits per heavy atom. The minimum absolute atomic E-state index is 0.162. The number of fused-ring (bicyclic) bond motifs is 1. The highest BCUT2D eigenvalue weighted by Gasteiger charge is 2.19. The van der Waals surface area contributed by atoms with Crippen LogP contribution in [0.15, 0.2) is 45.9 Å². The quantitative estimate of drug-likeness (QED) is 0.561. The summed E-state index contributed by atoms with van der Waals surface area (Å²) in [4.78, 5) is 21.2. The Balaban J connectivity index is 1.80. The number of anilines is 1. The number of rotatable bonds is 7. The van der Waals surface area contributed by atoms with E-state index < -0.39 is 10.0 Å². The number of amides is 1. The monoisotopic (exact) mass is 479 g/mol. The molecule has 0 aliphatic carbocycles. The summed E-state index contributed by atoms with van der Waals surface area (Å²) in [6.07, 6.45) is 2.29. The van der Waals surface area contributed by atoms with Crippen LogP contribution in [-0.4, -0.2) is 47.3 Å². The summed E-state index contributed by atoms with van der Waals surface area (Å²) in [6, 6.07) is 8.44. The lowest BCUT2D eigenvalue weighted by atomic mass is 10.2. The predicted octanol–water partition coefficient (Wildman–Crippen LogP) is 3.04. The van der Waals surface area contributed by atoms with Crippen LogP contribution in [0.1, 0.15) is 19.2 Å². The van der Waals surface area contributed by atoms with Crippen LogP contribution >= 0.6 is 15.9 Å². The molecule has 0 atom stereocenters. The van der Waals surface area contributed by atoms with E-state index in [0.29, 0.717) is 24.3 Å². The number of nitrogens with one attached hydrogen (secondary N) is 1. The molecule has 0 bridgehead atoms. The molecule has 2 heterocycles. The molecule has 0 unspecified atom stereocenters. The van der Waals surface area contributed by atoms with Gasteiger partial charge in [-0.05, 0) is 53.2 Å². The Hall–Kier alpha value is -2.30. The minimum Gasteiger partial charge on any atom is -0.328 e. The van der Waals surface area contributed by atoms with E-state index in [1.807, 2.05) is 11.5 Å². The molecule has 3 aromatic rings. The first-order valence-electron chi connectivity index (χ1n) is 9.05. The fourth-order valence-corrected chi connectivity index (χ4v) is 4.11. The van der Waals surface area contributed by atoms with Crippen LogP contribution in [0.2, 0.25) is 0 Å². The van der Waals surface area contributed by atoms with Gasteiger partial charge in [-0.2, -0.15) is 0 Å². The van der Waals surface area contributed by atoms with Crippen molar-refractivity contribution in [3.05, 3.63) is 46.8 Å².